The molecule has 0 saturated carbocycles. The van der Waals surface area contributed by atoms with E-state index >= 15 is 0 Å². The predicted octanol–water partition coefficient (Wildman–Crippen LogP) is 4.50. The Labute approximate surface area is 152 Å². The van der Waals surface area contributed by atoms with Crippen molar-refractivity contribution in [3.05, 3.63) is 76.3 Å². The lowest BCUT2D eigenvalue weighted by atomic mass is 9.98. The lowest BCUT2D eigenvalue weighted by molar-refractivity contribution is 0.101. The van der Waals surface area contributed by atoms with Crippen LogP contribution < -0.4 is 0 Å². The van der Waals surface area contributed by atoms with Crippen LogP contribution in [0.25, 0.3) is 11.3 Å². The van der Waals surface area contributed by atoms with Gasteiger partial charge in [0.05, 0.1) is 22.5 Å². The molecule has 0 unspecified atom stereocenters. The van der Waals surface area contributed by atoms with Gasteiger partial charge in [0.15, 0.2) is 5.88 Å². The fourth-order valence-electron chi connectivity index (χ4n) is 3.38. The van der Waals surface area contributed by atoms with E-state index < -0.39 is 0 Å². The van der Waals surface area contributed by atoms with E-state index in [1.165, 1.54) is 11.1 Å². The summed E-state index contributed by atoms with van der Waals surface area (Å²) in [5, 5.41) is 10.5. The van der Waals surface area contributed by atoms with Crippen LogP contribution in [-0.4, -0.2) is 21.7 Å². The molecular weight excluding hydrogens is 324 g/mol. The summed E-state index contributed by atoms with van der Waals surface area (Å²) in [6.45, 7) is 4.19. The first-order chi connectivity index (χ1) is 12.6. The molecule has 1 aliphatic heterocycles. The van der Waals surface area contributed by atoms with Crippen molar-refractivity contribution in [2.75, 3.05) is 0 Å². The van der Waals surface area contributed by atoms with E-state index in [-0.39, 0.29) is 11.8 Å². The first-order valence-electron chi connectivity index (χ1n) is 8.89. The summed E-state index contributed by atoms with van der Waals surface area (Å²) in [6.07, 6.45) is 1.90. The number of hydrogen-bond donors (Lipinski definition) is 2. The smallest absolute Gasteiger partial charge is 0.280 e. The molecule has 2 heterocycles. The average Bonchev–Trinajstić information content (AvgIpc) is 3.21. The second-order valence-corrected chi connectivity index (χ2v) is 6.47. The van der Waals surface area contributed by atoms with E-state index in [1.54, 1.807) is 0 Å². The van der Waals surface area contributed by atoms with Gasteiger partial charge in [-0.15, -0.1) is 0 Å². The van der Waals surface area contributed by atoms with Crippen LogP contribution in [0, 0.1) is 0 Å². The van der Waals surface area contributed by atoms with Crippen LogP contribution in [0.2, 0.25) is 0 Å². The number of aromatic nitrogens is 1. The number of aryl methyl sites for hydroxylation is 2. The van der Waals surface area contributed by atoms with Crippen LogP contribution in [0.5, 0.6) is 5.88 Å². The Morgan fingerprint density at radius 1 is 0.846 bits per heavy atom. The monoisotopic (exact) mass is 344 g/mol. The maximum Gasteiger partial charge on any atom is 0.280 e. The van der Waals surface area contributed by atoms with Crippen molar-refractivity contribution in [3.8, 4) is 17.1 Å². The van der Waals surface area contributed by atoms with Gasteiger partial charge in [0.2, 0.25) is 0 Å². The van der Waals surface area contributed by atoms with Gasteiger partial charge in [-0.05, 0) is 29.5 Å². The number of aromatic hydroxyl groups is 1. The minimum atomic E-state index is -0.319. The largest absolute Gasteiger partial charge is 0.494 e. The Hall–Kier alpha value is -3.14. The van der Waals surface area contributed by atoms with Crippen LogP contribution >= 0.6 is 0 Å². The van der Waals surface area contributed by atoms with Gasteiger partial charge in [0, 0.05) is 5.56 Å². The Morgan fingerprint density at radius 3 is 1.92 bits per heavy atom. The number of hydrogen-bond acceptors (Lipinski definition) is 2. The van der Waals surface area contributed by atoms with Gasteiger partial charge >= 0.3 is 0 Å². The third-order valence-corrected chi connectivity index (χ3v) is 4.93. The SMILES string of the molecule is CCc1ccc(C2=NC(=O)c3c(-c4ccc(CC)cc4)[nH]c(O)c32)cc1. The zero-order chi connectivity index (χ0) is 18.3. The van der Waals surface area contributed by atoms with Crippen LogP contribution in [0.4, 0.5) is 0 Å². The Balaban J connectivity index is 1.80. The molecule has 3 aromatic rings. The number of nitrogens with zero attached hydrogens (tertiary/aromatic N) is 1. The molecule has 0 radical (unpaired) electrons. The molecule has 0 fully saturated rings. The van der Waals surface area contributed by atoms with Crippen LogP contribution in [0.1, 0.15) is 46.5 Å². The molecule has 2 aromatic carbocycles. The standard InChI is InChI=1S/C22H20N2O2/c1-3-13-5-9-15(10-6-13)19-17-18(22(26)23-19)20(24-21(17)25)16-11-7-14(4-2)8-12-16/h5-12,23,26H,3-4H2,1-2H3. The van der Waals surface area contributed by atoms with Gasteiger partial charge in [-0.2, -0.15) is 0 Å². The van der Waals surface area contributed by atoms with Gasteiger partial charge in [-0.1, -0.05) is 62.4 Å². The van der Waals surface area contributed by atoms with Crippen molar-refractivity contribution in [1.29, 1.82) is 0 Å². The zero-order valence-corrected chi connectivity index (χ0v) is 14.8. The maximum absolute atomic E-state index is 12.6. The molecule has 4 rings (SSSR count). The van der Waals surface area contributed by atoms with E-state index in [1.807, 2.05) is 48.5 Å². The number of H-pyrrole nitrogens is 1. The highest BCUT2D eigenvalue weighted by Gasteiger charge is 2.33. The molecule has 26 heavy (non-hydrogen) atoms. The number of amides is 1. The third-order valence-electron chi connectivity index (χ3n) is 4.93. The number of nitrogens with one attached hydrogen (secondary N) is 1. The van der Waals surface area contributed by atoms with Gasteiger partial charge in [-0.25, -0.2) is 4.99 Å². The molecule has 1 amide bonds. The molecule has 0 atom stereocenters. The van der Waals surface area contributed by atoms with Crippen molar-refractivity contribution < 1.29 is 9.90 Å². The number of fused-ring (bicyclic) bond motifs is 1. The molecular formula is C22H20N2O2. The highest BCUT2D eigenvalue weighted by atomic mass is 16.3. The normalized spacial score (nSPS) is 13.0. The number of carbonyl (C=O) groups is 1. The lowest BCUT2D eigenvalue weighted by Crippen LogP contribution is -2.00. The minimum Gasteiger partial charge on any atom is -0.494 e. The summed E-state index contributed by atoms with van der Waals surface area (Å²) < 4.78 is 0. The fourth-order valence-corrected chi connectivity index (χ4v) is 3.38. The Kier molecular flexibility index (Phi) is 3.96. The first-order valence-corrected chi connectivity index (χ1v) is 8.89. The summed E-state index contributed by atoms with van der Waals surface area (Å²) in [5.41, 5.74) is 6.22. The lowest BCUT2D eigenvalue weighted by Gasteiger charge is -2.03. The molecule has 0 saturated heterocycles. The van der Waals surface area contributed by atoms with E-state index in [0.717, 1.165) is 24.0 Å². The van der Waals surface area contributed by atoms with Crippen LogP contribution in [0.3, 0.4) is 0 Å². The molecule has 4 heteroatoms. The Morgan fingerprint density at radius 2 is 1.38 bits per heavy atom. The molecule has 2 N–H and O–H groups in total. The van der Waals surface area contributed by atoms with E-state index in [0.29, 0.717) is 22.5 Å². The van der Waals surface area contributed by atoms with Gasteiger partial charge < -0.3 is 10.1 Å². The van der Waals surface area contributed by atoms with Crippen LogP contribution in [0.15, 0.2) is 53.5 Å². The van der Waals surface area contributed by atoms with Crippen molar-refractivity contribution in [3.63, 3.8) is 0 Å². The van der Waals surface area contributed by atoms with Crippen molar-refractivity contribution in [1.82, 2.24) is 4.98 Å². The first kappa shape index (κ1) is 16.3. The number of benzene rings is 2. The molecule has 0 aliphatic carbocycles. The summed E-state index contributed by atoms with van der Waals surface area (Å²) in [4.78, 5) is 19.8. The average molecular weight is 344 g/mol. The van der Waals surface area contributed by atoms with Crippen molar-refractivity contribution in [2.24, 2.45) is 4.99 Å². The van der Waals surface area contributed by atoms with E-state index in [9.17, 15) is 9.90 Å². The molecule has 130 valence electrons. The highest BCUT2D eigenvalue weighted by molar-refractivity contribution is 6.30. The van der Waals surface area contributed by atoms with Gasteiger partial charge in [-0.3, -0.25) is 4.79 Å². The summed E-state index contributed by atoms with van der Waals surface area (Å²) in [5.74, 6) is -0.334. The summed E-state index contributed by atoms with van der Waals surface area (Å²) in [6, 6.07) is 15.9. The van der Waals surface area contributed by atoms with Crippen molar-refractivity contribution >= 4 is 11.6 Å². The highest BCUT2D eigenvalue weighted by Crippen LogP contribution is 2.38. The van der Waals surface area contributed by atoms with Gasteiger partial charge in [0.25, 0.3) is 5.91 Å². The van der Waals surface area contributed by atoms with Gasteiger partial charge in [0.1, 0.15) is 0 Å². The molecule has 0 bridgehead atoms. The van der Waals surface area contributed by atoms with Crippen molar-refractivity contribution in [2.45, 2.75) is 26.7 Å². The predicted molar refractivity (Wildman–Crippen MR) is 103 cm³/mol. The molecule has 1 aromatic heterocycles. The summed E-state index contributed by atoms with van der Waals surface area (Å²) in [7, 11) is 0. The third kappa shape index (κ3) is 2.54. The fraction of sp³-hybridized carbons (Fsp3) is 0.182. The van der Waals surface area contributed by atoms with E-state index in [4.69, 9.17) is 0 Å². The minimum absolute atomic E-state index is 0.0151. The summed E-state index contributed by atoms with van der Waals surface area (Å²) >= 11 is 0. The number of rotatable bonds is 4. The molecule has 0 spiro atoms. The zero-order valence-electron chi connectivity index (χ0n) is 14.8. The number of aromatic amines is 1. The second-order valence-electron chi connectivity index (χ2n) is 6.47. The number of carbonyl (C=O) groups excluding carboxylic acids is 1. The topological polar surface area (TPSA) is 65.5 Å². The maximum atomic E-state index is 12.6. The van der Waals surface area contributed by atoms with Crippen LogP contribution in [-0.2, 0) is 12.8 Å². The quantitative estimate of drug-likeness (QED) is 0.732. The molecule has 4 nitrogen and oxygen atoms in total. The second kappa shape index (κ2) is 6.30. The molecule has 1 aliphatic rings. The number of aliphatic imine (C=N–C) groups is 1. The Bertz CT molecular complexity index is 1010. The van der Waals surface area contributed by atoms with E-state index in [2.05, 4.69) is 23.8 Å².